The summed E-state index contributed by atoms with van der Waals surface area (Å²) in [5, 5.41) is 4.19. The average molecular weight is 279 g/mol. The minimum Gasteiger partial charge on any atom is -0.295 e. The lowest BCUT2D eigenvalue weighted by Crippen LogP contribution is -2.24. The molecule has 0 unspecified atom stereocenters. The molecule has 0 aliphatic carbocycles. The molecule has 0 spiro atoms. The lowest BCUT2D eigenvalue weighted by atomic mass is 10.2. The first-order valence-electron chi connectivity index (χ1n) is 6.00. The molecule has 2 aromatic rings. The summed E-state index contributed by atoms with van der Waals surface area (Å²) in [6.45, 7) is 3.43. The van der Waals surface area contributed by atoms with Crippen LogP contribution in [-0.2, 0) is 13.0 Å². The third-order valence-corrected chi connectivity index (χ3v) is 4.73. The summed E-state index contributed by atoms with van der Waals surface area (Å²) >= 11 is 3.31. The van der Waals surface area contributed by atoms with Gasteiger partial charge in [0.15, 0.2) is 5.78 Å². The minimum absolute atomic E-state index is 0.220. The summed E-state index contributed by atoms with van der Waals surface area (Å²) in [4.78, 5) is 16.3. The number of rotatable bonds is 6. The van der Waals surface area contributed by atoms with E-state index in [2.05, 4.69) is 34.7 Å². The van der Waals surface area contributed by atoms with Crippen molar-refractivity contribution in [2.24, 2.45) is 0 Å². The van der Waals surface area contributed by atoms with Crippen molar-refractivity contribution in [3.8, 4) is 0 Å². The van der Waals surface area contributed by atoms with Gasteiger partial charge in [0.05, 0.1) is 11.4 Å². The molecule has 0 atom stereocenters. The highest BCUT2D eigenvalue weighted by atomic mass is 32.1. The SMILES string of the molecule is CCc1ccc(C(=O)CN(C)Cc2ccsc2)s1. The molecule has 0 radical (unpaired) electrons. The van der Waals surface area contributed by atoms with E-state index in [0.717, 1.165) is 17.8 Å². The van der Waals surface area contributed by atoms with Gasteiger partial charge in [0.2, 0.25) is 0 Å². The number of thiophene rings is 2. The van der Waals surface area contributed by atoms with Gasteiger partial charge in [0.25, 0.3) is 0 Å². The van der Waals surface area contributed by atoms with E-state index in [-0.39, 0.29) is 5.78 Å². The van der Waals surface area contributed by atoms with Crippen LogP contribution >= 0.6 is 22.7 Å². The number of Topliss-reactive ketones (excluding diaryl/α,β-unsaturated/α-hetero) is 1. The van der Waals surface area contributed by atoms with Gasteiger partial charge in [0, 0.05) is 11.4 Å². The molecule has 2 nitrogen and oxygen atoms in total. The molecule has 96 valence electrons. The Balaban J connectivity index is 1.90. The Hall–Kier alpha value is -0.970. The number of likely N-dealkylation sites (N-methyl/N-ethyl adjacent to an activating group) is 1. The Kier molecular flexibility index (Phi) is 4.69. The molecule has 0 aliphatic heterocycles. The number of carbonyl (C=O) groups excluding carboxylic acids is 1. The highest BCUT2D eigenvalue weighted by Crippen LogP contribution is 2.18. The zero-order chi connectivity index (χ0) is 13.0. The fraction of sp³-hybridized carbons (Fsp3) is 0.357. The molecule has 0 fully saturated rings. The van der Waals surface area contributed by atoms with Gasteiger partial charge in [0.1, 0.15) is 0 Å². The maximum absolute atomic E-state index is 12.1. The van der Waals surface area contributed by atoms with E-state index >= 15 is 0 Å². The predicted molar refractivity (Wildman–Crippen MR) is 78.7 cm³/mol. The van der Waals surface area contributed by atoms with Crippen LogP contribution in [0.25, 0.3) is 0 Å². The summed E-state index contributed by atoms with van der Waals surface area (Å²) in [6, 6.07) is 6.10. The summed E-state index contributed by atoms with van der Waals surface area (Å²) in [5.74, 6) is 0.220. The van der Waals surface area contributed by atoms with Gasteiger partial charge in [-0.3, -0.25) is 9.69 Å². The Morgan fingerprint density at radius 3 is 2.78 bits per heavy atom. The van der Waals surface area contributed by atoms with Crippen LogP contribution in [0.4, 0.5) is 0 Å². The molecule has 4 heteroatoms. The minimum atomic E-state index is 0.220. The van der Waals surface area contributed by atoms with Crippen molar-refractivity contribution in [1.29, 1.82) is 0 Å². The first kappa shape index (κ1) is 13.5. The van der Waals surface area contributed by atoms with E-state index in [1.165, 1.54) is 10.4 Å². The summed E-state index contributed by atoms with van der Waals surface area (Å²) in [7, 11) is 1.99. The molecule has 0 aromatic carbocycles. The van der Waals surface area contributed by atoms with E-state index in [1.807, 2.05) is 13.1 Å². The van der Waals surface area contributed by atoms with Crippen LogP contribution < -0.4 is 0 Å². The number of ketones is 1. The zero-order valence-electron chi connectivity index (χ0n) is 10.7. The summed E-state index contributed by atoms with van der Waals surface area (Å²) in [6.07, 6.45) is 1.00. The highest BCUT2D eigenvalue weighted by Gasteiger charge is 2.12. The Morgan fingerprint density at radius 2 is 2.17 bits per heavy atom. The van der Waals surface area contributed by atoms with E-state index < -0.39 is 0 Å². The molecule has 0 bridgehead atoms. The van der Waals surface area contributed by atoms with Crippen molar-refractivity contribution in [3.63, 3.8) is 0 Å². The number of carbonyl (C=O) groups is 1. The summed E-state index contributed by atoms with van der Waals surface area (Å²) < 4.78 is 0. The van der Waals surface area contributed by atoms with Crippen LogP contribution in [0.15, 0.2) is 29.0 Å². The van der Waals surface area contributed by atoms with E-state index in [4.69, 9.17) is 0 Å². The molecule has 0 saturated carbocycles. The first-order valence-corrected chi connectivity index (χ1v) is 7.76. The van der Waals surface area contributed by atoms with Gasteiger partial charge in [-0.15, -0.1) is 11.3 Å². The third-order valence-electron chi connectivity index (χ3n) is 2.73. The van der Waals surface area contributed by atoms with Gasteiger partial charge in [-0.1, -0.05) is 6.92 Å². The van der Waals surface area contributed by atoms with Crippen LogP contribution in [0.1, 0.15) is 27.0 Å². The van der Waals surface area contributed by atoms with Crippen LogP contribution in [-0.4, -0.2) is 24.3 Å². The smallest absolute Gasteiger partial charge is 0.186 e. The second kappa shape index (κ2) is 6.27. The molecule has 2 heterocycles. The molecule has 0 saturated heterocycles. The van der Waals surface area contributed by atoms with Crippen LogP contribution in [0.5, 0.6) is 0 Å². The fourth-order valence-electron chi connectivity index (χ4n) is 1.79. The van der Waals surface area contributed by atoms with Crippen LogP contribution in [0, 0.1) is 0 Å². The lowest BCUT2D eigenvalue weighted by molar-refractivity contribution is 0.0947. The summed E-state index contributed by atoms with van der Waals surface area (Å²) in [5.41, 5.74) is 1.27. The van der Waals surface area contributed by atoms with Crippen molar-refractivity contribution in [1.82, 2.24) is 4.90 Å². The maximum atomic E-state index is 12.1. The normalized spacial score (nSPS) is 11.1. The number of hydrogen-bond donors (Lipinski definition) is 0. The molecule has 18 heavy (non-hydrogen) atoms. The topological polar surface area (TPSA) is 20.3 Å². The van der Waals surface area contributed by atoms with Crippen molar-refractivity contribution in [2.75, 3.05) is 13.6 Å². The Bertz CT molecular complexity index is 502. The standard InChI is InChI=1S/C14H17NOS2/c1-3-12-4-5-14(18-12)13(16)9-15(2)8-11-6-7-17-10-11/h4-7,10H,3,8-9H2,1-2H3. The van der Waals surface area contributed by atoms with E-state index in [0.29, 0.717) is 6.54 Å². The first-order chi connectivity index (χ1) is 8.69. The molecule has 0 N–H and O–H groups in total. The number of nitrogens with zero attached hydrogens (tertiary/aromatic N) is 1. The fourth-order valence-corrected chi connectivity index (χ4v) is 3.33. The molecular weight excluding hydrogens is 262 g/mol. The van der Waals surface area contributed by atoms with Gasteiger partial charge in [-0.25, -0.2) is 0 Å². The maximum Gasteiger partial charge on any atom is 0.186 e. The largest absolute Gasteiger partial charge is 0.295 e. The van der Waals surface area contributed by atoms with Gasteiger partial charge in [-0.05, 0) is 48.0 Å². The Labute approximate surface area is 116 Å². The second-order valence-corrected chi connectivity index (χ2v) is 6.29. The number of hydrogen-bond acceptors (Lipinski definition) is 4. The molecule has 2 aromatic heterocycles. The predicted octanol–water partition coefficient (Wildman–Crippen LogP) is 3.69. The third kappa shape index (κ3) is 3.51. The Morgan fingerprint density at radius 1 is 1.33 bits per heavy atom. The van der Waals surface area contributed by atoms with Crippen molar-refractivity contribution < 1.29 is 4.79 Å². The average Bonchev–Trinajstić information content (AvgIpc) is 2.98. The van der Waals surface area contributed by atoms with Gasteiger partial charge < -0.3 is 0 Å². The van der Waals surface area contributed by atoms with Gasteiger partial charge >= 0.3 is 0 Å². The molecule has 0 amide bonds. The van der Waals surface area contributed by atoms with Gasteiger partial charge in [-0.2, -0.15) is 11.3 Å². The molecule has 0 aliphatic rings. The van der Waals surface area contributed by atoms with Crippen LogP contribution in [0.2, 0.25) is 0 Å². The molecule has 2 rings (SSSR count). The monoisotopic (exact) mass is 279 g/mol. The van der Waals surface area contributed by atoms with Crippen molar-refractivity contribution in [3.05, 3.63) is 44.3 Å². The highest BCUT2D eigenvalue weighted by molar-refractivity contribution is 7.14. The van der Waals surface area contributed by atoms with Crippen molar-refractivity contribution in [2.45, 2.75) is 19.9 Å². The van der Waals surface area contributed by atoms with E-state index in [1.54, 1.807) is 22.7 Å². The molecular formula is C14H17NOS2. The van der Waals surface area contributed by atoms with Crippen molar-refractivity contribution >= 4 is 28.5 Å². The second-order valence-electron chi connectivity index (χ2n) is 4.35. The number of aryl methyl sites for hydroxylation is 1. The quantitative estimate of drug-likeness (QED) is 0.752. The zero-order valence-corrected chi connectivity index (χ0v) is 12.3. The van der Waals surface area contributed by atoms with Crippen LogP contribution in [0.3, 0.4) is 0 Å². The lowest BCUT2D eigenvalue weighted by Gasteiger charge is -2.14. The van der Waals surface area contributed by atoms with E-state index in [9.17, 15) is 4.79 Å².